The zero-order chi connectivity index (χ0) is 18.2. The number of rotatable bonds is 5. The summed E-state index contributed by atoms with van der Waals surface area (Å²) in [6.45, 7) is 4.31. The van der Waals surface area contributed by atoms with Gasteiger partial charge in [0.1, 0.15) is 0 Å². The van der Waals surface area contributed by atoms with Crippen molar-refractivity contribution < 1.29 is 4.79 Å². The highest BCUT2D eigenvalue weighted by Gasteiger charge is 2.31. The van der Waals surface area contributed by atoms with Gasteiger partial charge in [0.25, 0.3) is 0 Å². The molecular formula is C21H25N5O. The smallest absolute Gasteiger partial charge is 0.227 e. The van der Waals surface area contributed by atoms with Crippen LogP contribution in [0, 0.1) is 5.92 Å². The molecule has 5 rings (SSSR count). The fourth-order valence-corrected chi connectivity index (χ4v) is 3.72. The minimum atomic E-state index is 0.133. The van der Waals surface area contributed by atoms with E-state index in [1.54, 1.807) is 0 Å². The SMILES string of the molecule is O=C(Nc1ccc(-c2ccc(N3CCN(C4CC4)CC3)nn2)cc1)C1CC1. The lowest BCUT2D eigenvalue weighted by atomic mass is 10.1. The number of benzene rings is 1. The summed E-state index contributed by atoms with van der Waals surface area (Å²) in [5.74, 6) is 1.31. The zero-order valence-corrected chi connectivity index (χ0v) is 15.5. The maximum atomic E-state index is 11.8. The standard InChI is InChI=1S/C21H25N5O/c27-21(16-1-2-16)22-17-5-3-15(4-6-17)19-9-10-20(24-23-19)26-13-11-25(12-14-26)18-7-8-18/h3-6,9-10,16,18H,1-2,7-8,11-14H2,(H,22,27). The number of anilines is 2. The Balaban J connectivity index is 1.21. The first-order valence-electron chi connectivity index (χ1n) is 10.0. The number of amides is 1. The lowest BCUT2D eigenvalue weighted by molar-refractivity contribution is -0.117. The van der Waals surface area contributed by atoms with Crippen molar-refractivity contribution in [3.63, 3.8) is 0 Å². The van der Waals surface area contributed by atoms with Crippen LogP contribution < -0.4 is 10.2 Å². The molecule has 0 spiro atoms. The fourth-order valence-electron chi connectivity index (χ4n) is 3.72. The molecule has 1 N–H and O–H groups in total. The highest BCUT2D eigenvalue weighted by Crippen LogP contribution is 2.31. The highest BCUT2D eigenvalue weighted by atomic mass is 16.2. The van der Waals surface area contributed by atoms with E-state index in [2.05, 4.69) is 31.4 Å². The molecule has 1 aliphatic heterocycles. The van der Waals surface area contributed by atoms with Crippen molar-refractivity contribution in [1.29, 1.82) is 0 Å². The van der Waals surface area contributed by atoms with Gasteiger partial charge in [0, 0.05) is 49.4 Å². The van der Waals surface area contributed by atoms with Gasteiger partial charge >= 0.3 is 0 Å². The van der Waals surface area contributed by atoms with Crippen LogP contribution in [0.15, 0.2) is 36.4 Å². The van der Waals surface area contributed by atoms with Gasteiger partial charge in [-0.3, -0.25) is 9.69 Å². The van der Waals surface area contributed by atoms with Crippen LogP contribution in [0.4, 0.5) is 11.5 Å². The van der Waals surface area contributed by atoms with Crippen LogP contribution in [0.5, 0.6) is 0 Å². The Morgan fingerprint density at radius 3 is 2.22 bits per heavy atom. The summed E-state index contributed by atoms with van der Waals surface area (Å²) >= 11 is 0. The van der Waals surface area contributed by atoms with E-state index < -0.39 is 0 Å². The van der Waals surface area contributed by atoms with Crippen molar-refractivity contribution in [3.8, 4) is 11.3 Å². The summed E-state index contributed by atoms with van der Waals surface area (Å²) in [4.78, 5) is 16.8. The molecule has 2 aliphatic carbocycles. The van der Waals surface area contributed by atoms with Crippen LogP contribution in [0.1, 0.15) is 25.7 Å². The Morgan fingerprint density at radius 1 is 0.889 bits per heavy atom. The molecule has 0 radical (unpaired) electrons. The van der Waals surface area contributed by atoms with Gasteiger partial charge in [-0.1, -0.05) is 12.1 Å². The second-order valence-electron chi connectivity index (χ2n) is 7.87. The molecule has 3 fully saturated rings. The van der Waals surface area contributed by atoms with Crippen molar-refractivity contribution in [2.24, 2.45) is 5.92 Å². The number of piperazine rings is 1. The number of hydrogen-bond acceptors (Lipinski definition) is 5. The van der Waals surface area contributed by atoms with Gasteiger partial charge in [-0.2, -0.15) is 0 Å². The Hall–Kier alpha value is -2.47. The fraction of sp³-hybridized carbons (Fsp3) is 0.476. The van der Waals surface area contributed by atoms with Crippen LogP contribution in [-0.4, -0.2) is 53.2 Å². The first-order chi connectivity index (χ1) is 13.3. The summed E-state index contributed by atoms with van der Waals surface area (Å²) in [6.07, 6.45) is 4.78. The monoisotopic (exact) mass is 363 g/mol. The molecule has 1 aromatic carbocycles. The van der Waals surface area contributed by atoms with Crippen molar-refractivity contribution >= 4 is 17.4 Å². The summed E-state index contributed by atoms with van der Waals surface area (Å²) < 4.78 is 0. The number of carbonyl (C=O) groups excluding carboxylic acids is 1. The molecule has 2 heterocycles. The van der Waals surface area contributed by atoms with Crippen molar-refractivity contribution in [2.75, 3.05) is 36.4 Å². The van der Waals surface area contributed by atoms with Gasteiger partial charge in [-0.25, -0.2) is 0 Å². The Morgan fingerprint density at radius 2 is 1.63 bits per heavy atom. The second kappa shape index (κ2) is 6.93. The number of carbonyl (C=O) groups is 1. The van der Waals surface area contributed by atoms with Crippen LogP contribution in [0.2, 0.25) is 0 Å². The minimum Gasteiger partial charge on any atom is -0.353 e. The van der Waals surface area contributed by atoms with E-state index in [9.17, 15) is 4.79 Å². The molecule has 0 bridgehead atoms. The molecule has 1 aromatic heterocycles. The van der Waals surface area contributed by atoms with Crippen molar-refractivity contribution in [2.45, 2.75) is 31.7 Å². The molecule has 1 amide bonds. The van der Waals surface area contributed by atoms with Crippen molar-refractivity contribution in [1.82, 2.24) is 15.1 Å². The van der Waals surface area contributed by atoms with Gasteiger partial charge < -0.3 is 10.2 Å². The number of nitrogens with one attached hydrogen (secondary N) is 1. The summed E-state index contributed by atoms with van der Waals surface area (Å²) in [5, 5.41) is 11.8. The number of nitrogens with zero attached hydrogens (tertiary/aromatic N) is 4. The Kier molecular flexibility index (Phi) is 4.28. The highest BCUT2D eigenvalue weighted by molar-refractivity contribution is 5.94. The van der Waals surface area contributed by atoms with E-state index in [-0.39, 0.29) is 11.8 Å². The first kappa shape index (κ1) is 16.7. The first-order valence-corrected chi connectivity index (χ1v) is 10.0. The summed E-state index contributed by atoms with van der Waals surface area (Å²) in [7, 11) is 0. The molecule has 1 saturated heterocycles. The van der Waals surface area contributed by atoms with Gasteiger partial charge in [0.2, 0.25) is 5.91 Å². The molecule has 6 heteroatoms. The van der Waals surface area contributed by atoms with Gasteiger partial charge in [0.05, 0.1) is 5.69 Å². The van der Waals surface area contributed by atoms with E-state index >= 15 is 0 Å². The lowest BCUT2D eigenvalue weighted by Crippen LogP contribution is -2.47. The van der Waals surface area contributed by atoms with Gasteiger partial charge in [0.15, 0.2) is 5.82 Å². The third kappa shape index (κ3) is 3.81. The molecule has 140 valence electrons. The third-order valence-corrected chi connectivity index (χ3v) is 5.75. The molecule has 6 nitrogen and oxygen atoms in total. The minimum absolute atomic E-state index is 0.133. The lowest BCUT2D eigenvalue weighted by Gasteiger charge is -2.35. The average molecular weight is 363 g/mol. The quantitative estimate of drug-likeness (QED) is 0.885. The van der Waals surface area contributed by atoms with E-state index in [1.807, 2.05) is 30.3 Å². The predicted octanol–water partition coefficient (Wildman–Crippen LogP) is 2.78. The van der Waals surface area contributed by atoms with Crippen LogP contribution >= 0.6 is 0 Å². The molecule has 27 heavy (non-hydrogen) atoms. The largest absolute Gasteiger partial charge is 0.353 e. The molecule has 3 aliphatic rings. The van der Waals surface area contributed by atoms with Gasteiger partial charge in [-0.05, 0) is 49.9 Å². The van der Waals surface area contributed by atoms with E-state index in [4.69, 9.17) is 0 Å². The third-order valence-electron chi connectivity index (χ3n) is 5.75. The summed E-state index contributed by atoms with van der Waals surface area (Å²) in [5.41, 5.74) is 2.71. The average Bonchev–Trinajstić information content (AvgIpc) is 3.61. The molecule has 0 unspecified atom stereocenters. The molecule has 2 saturated carbocycles. The van der Waals surface area contributed by atoms with E-state index in [0.29, 0.717) is 0 Å². The van der Waals surface area contributed by atoms with E-state index in [1.165, 1.54) is 12.8 Å². The Bertz CT molecular complexity index is 803. The molecular weight excluding hydrogens is 338 g/mol. The predicted molar refractivity (Wildman–Crippen MR) is 106 cm³/mol. The second-order valence-corrected chi connectivity index (χ2v) is 7.87. The maximum Gasteiger partial charge on any atom is 0.227 e. The molecule has 2 aromatic rings. The van der Waals surface area contributed by atoms with Gasteiger partial charge in [-0.15, -0.1) is 10.2 Å². The summed E-state index contributed by atoms with van der Waals surface area (Å²) in [6, 6.07) is 12.8. The normalized spacial score (nSPS) is 20.5. The van der Waals surface area contributed by atoms with Crippen LogP contribution in [-0.2, 0) is 4.79 Å². The van der Waals surface area contributed by atoms with Crippen LogP contribution in [0.25, 0.3) is 11.3 Å². The molecule has 0 atom stereocenters. The number of aromatic nitrogens is 2. The van der Waals surface area contributed by atoms with E-state index in [0.717, 1.165) is 67.8 Å². The Labute approximate surface area is 159 Å². The van der Waals surface area contributed by atoms with Crippen molar-refractivity contribution in [3.05, 3.63) is 36.4 Å². The zero-order valence-electron chi connectivity index (χ0n) is 15.5. The topological polar surface area (TPSA) is 61.4 Å². The maximum absolute atomic E-state index is 11.8. The number of hydrogen-bond donors (Lipinski definition) is 1. The van der Waals surface area contributed by atoms with Crippen LogP contribution in [0.3, 0.4) is 0 Å².